The van der Waals surface area contributed by atoms with Crippen molar-refractivity contribution in [3.8, 4) is 0 Å². The third-order valence-electron chi connectivity index (χ3n) is 4.41. The molecule has 1 saturated heterocycles. The molecule has 0 atom stereocenters. The molecule has 5 nitrogen and oxygen atoms in total. The third-order valence-corrected chi connectivity index (χ3v) is 4.61. The van der Waals surface area contributed by atoms with E-state index in [2.05, 4.69) is 16.6 Å². The molecule has 0 spiro atoms. The van der Waals surface area contributed by atoms with Gasteiger partial charge in [0, 0.05) is 44.5 Å². The third kappa shape index (κ3) is 4.71. The van der Waals surface area contributed by atoms with E-state index in [1.165, 1.54) is 0 Å². The zero-order chi connectivity index (χ0) is 17.6. The lowest BCUT2D eigenvalue weighted by Crippen LogP contribution is -2.35. The van der Waals surface area contributed by atoms with Crippen LogP contribution in [0, 0.1) is 0 Å². The Bertz CT molecular complexity index is 725. The predicted molar refractivity (Wildman–Crippen MR) is 99.9 cm³/mol. The first-order valence-electron chi connectivity index (χ1n) is 8.55. The summed E-state index contributed by atoms with van der Waals surface area (Å²) < 4.78 is 1.78. The van der Waals surface area contributed by atoms with E-state index < -0.39 is 0 Å². The molecule has 0 bridgehead atoms. The average molecular weight is 359 g/mol. The number of hydrogen-bond acceptors (Lipinski definition) is 3. The van der Waals surface area contributed by atoms with Crippen molar-refractivity contribution in [1.82, 2.24) is 19.6 Å². The van der Waals surface area contributed by atoms with Crippen LogP contribution < -0.4 is 0 Å². The van der Waals surface area contributed by atoms with Crippen molar-refractivity contribution in [2.24, 2.45) is 0 Å². The highest BCUT2D eigenvalue weighted by molar-refractivity contribution is 6.30. The number of halogens is 1. The minimum atomic E-state index is 0.106. The summed E-state index contributed by atoms with van der Waals surface area (Å²) in [7, 11) is 0. The van der Waals surface area contributed by atoms with Crippen LogP contribution in [0.25, 0.3) is 0 Å². The average Bonchev–Trinajstić information content (AvgIpc) is 2.88. The smallest absolute Gasteiger partial charge is 0.253 e. The number of carbonyl (C=O) groups excluding carboxylic acids is 1. The van der Waals surface area contributed by atoms with E-state index in [0.717, 1.165) is 50.3 Å². The summed E-state index contributed by atoms with van der Waals surface area (Å²) in [6.45, 7) is 8.80. The highest BCUT2D eigenvalue weighted by atomic mass is 35.5. The van der Waals surface area contributed by atoms with E-state index in [1.807, 2.05) is 35.2 Å². The van der Waals surface area contributed by atoms with Crippen LogP contribution in [0.3, 0.4) is 0 Å². The number of amides is 1. The van der Waals surface area contributed by atoms with Gasteiger partial charge in [-0.05, 0) is 24.1 Å². The summed E-state index contributed by atoms with van der Waals surface area (Å²) in [6, 6.07) is 7.75. The Kier molecular flexibility index (Phi) is 5.89. The van der Waals surface area contributed by atoms with Gasteiger partial charge in [-0.1, -0.05) is 29.8 Å². The van der Waals surface area contributed by atoms with Crippen molar-refractivity contribution in [3.05, 3.63) is 65.5 Å². The van der Waals surface area contributed by atoms with Crippen molar-refractivity contribution in [1.29, 1.82) is 0 Å². The normalized spacial score (nSPS) is 15.8. The molecular weight excluding hydrogens is 336 g/mol. The molecule has 132 valence electrons. The highest BCUT2D eigenvalue weighted by Gasteiger charge is 2.19. The Morgan fingerprint density at radius 1 is 1.20 bits per heavy atom. The molecule has 1 aliphatic heterocycles. The summed E-state index contributed by atoms with van der Waals surface area (Å²) in [5, 5.41) is 4.80. The molecule has 1 aromatic heterocycles. The standard InChI is InChI=1S/C19H23ClN4O/c1-2-8-22-9-3-10-23(12-11-22)19(25)17-6-4-16(5-7-17)14-24-15-18(20)13-21-24/h2,4-7,13,15H,1,3,8-12,14H2. The molecule has 2 heterocycles. The van der Waals surface area contributed by atoms with Gasteiger partial charge in [0.2, 0.25) is 0 Å². The fraction of sp³-hybridized carbons (Fsp3) is 0.368. The number of nitrogens with zero attached hydrogens (tertiary/aromatic N) is 4. The molecular formula is C19H23ClN4O. The van der Waals surface area contributed by atoms with E-state index >= 15 is 0 Å². The number of benzene rings is 1. The van der Waals surface area contributed by atoms with Crippen LogP contribution in [0.2, 0.25) is 5.02 Å². The summed E-state index contributed by atoms with van der Waals surface area (Å²) in [5.74, 6) is 0.106. The summed E-state index contributed by atoms with van der Waals surface area (Å²) in [4.78, 5) is 17.0. The SMILES string of the molecule is C=CCN1CCCN(C(=O)c2ccc(Cn3cc(Cl)cn3)cc2)CC1. The molecule has 1 amide bonds. The van der Waals surface area contributed by atoms with Crippen molar-refractivity contribution in [2.45, 2.75) is 13.0 Å². The molecule has 1 aliphatic rings. The van der Waals surface area contributed by atoms with E-state index in [-0.39, 0.29) is 5.91 Å². The van der Waals surface area contributed by atoms with Crippen LogP contribution in [0.15, 0.2) is 49.3 Å². The molecule has 3 rings (SSSR count). The van der Waals surface area contributed by atoms with Gasteiger partial charge in [-0.25, -0.2) is 0 Å². The lowest BCUT2D eigenvalue weighted by Gasteiger charge is -2.21. The first-order chi connectivity index (χ1) is 12.2. The van der Waals surface area contributed by atoms with E-state index in [4.69, 9.17) is 11.6 Å². The van der Waals surface area contributed by atoms with Gasteiger partial charge >= 0.3 is 0 Å². The maximum atomic E-state index is 12.7. The van der Waals surface area contributed by atoms with E-state index in [0.29, 0.717) is 11.6 Å². The Morgan fingerprint density at radius 2 is 2.00 bits per heavy atom. The molecule has 0 radical (unpaired) electrons. The van der Waals surface area contributed by atoms with Crippen molar-refractivity contribution in [2.75, 3.05) is 32.7 Å². The summed E-state index contributed by atoms with van der Waals surface area (Å²) in [5.41, 5.74) is 1.82. The van der Waals surface area contributed by atoms with Crippen molar-refractivity contribution < 1.29 is 4.79 Å². The lowest BCUT2D eigenvalue weighted by molar-refractivity contribution is 0.0762. The molecule has 25 heavy (non-hydrogen) atoms. The molecule has 1 fully saturated rings. The molecule has 0 aliphatic carbocycles. The maximum Gasteiger partial charge on any atom is 0.253 e. The van der Waals surface area contributed by atoms with Crippen LogP contribution in [-0.2, 0) is 6.54 Å². The fourth-order valence-electron chi connectivity index (χ4n) is 3.09. The Balaban J connectivity index is 1.61. The number of hydrogen-bond donors (Lipinski definition) is 0. The van der Waals surface area contributed by atoms with E-state index in [9.17, 15) is 4.79 Å². The van der Waals surface area contributed by atoms with Crippen molar-refractivity contribution in [3.63, 3.8) is 0 Å². The minimum Gasteiger partial charge on any atom is -0.337 e. The first kappa shape index (κ1) is 17.7. The Morgan fingerprint density at radius 3 is 2.68 bits per heavy atom. The second kappa shape index (κ2) is 8.32. The largest absolute Gasteiger partial charge is 0.337 e. The monoisotopic (exact) mass is 358 g/mol. The molecule has 0 N–H and O–H groups in total. The molecule has 1 aromatic carbocycles. The van der Waals surface area contributed by atoms with Gasteiger partial charge in [0.15, 0.2) is 0 Å². The van der Waals surface area contributed by atoms with Gasteiger partial charge in [0.05, 0.1) is 17.8 Å². The van der Waals surface area contributed by atoms with Crippen LogP contribution in [-0.4, -0.2) is 58.2 Å². The minimum absolute atomic E-state index is 0.106. The second-order valence-electron chi connectivity index (χ2n) is 6.29. The van der Waals surface area contributed by atoms with Gasteiger partial charge < -0.3 is 4.90 Å². The Labute approximate surface area is 153 Å². The number of carbonyl (C=O) groups is 1. The van der Waals surface area contributed by atoms with Gasteiger partial charge in [-0.3, -0.25) is 14.4 Å². The summed E-state index contributed by atoms with van der Waals surface area (Å²) >= 11 is 5.88. The Hall–Kier alpha value is -2.11. The lowest BCUT2D eigenvalue weighted by atomic mass is 10.1. The van der Waals surface area contributed by atoms with Gasteiger partial charge in [0.1, 0.15) is 0 Å². The first-order valence-corrected chi connectivity index (χ1v) is 8.93. The van der Waals surface area contributed by atoms with Gasteiger partial charge in [-0.2, -0.15) is 5.10 Å². The van der Waals surface area contributed by atoms with Crippen LogP contribution >= 0.6 is 11.6 Å². The van der Waals surface area contributed by atoms with Crippen LogP contribution in [0.4, 0.5) is 0 Å². The van der Waals surface area contributed by atoms with Gasteiger partial charge in [0.25, 0.3) is 5.91 Å². The maximum absolute atomic E-state index is 12.7. The topological polar surface area (TPSA) is 41.4 Å². The quantitative estimate of drug-likeness (QED) is 0.772. The van der Waals surface area contributed by atoms with Crippen LogP contribution in [0.5, 0.6) is 0 Å². The summed E-state index contributed by atoms with van der Waals surface area (Å²) in [6.07, 6.45) is 6.32. The van der Waals surface area contributed by atoms with E-state index in [1.54, 1.807) is 17.1 Å². The number of rotatable bonds is 5. The predicted octanol–water partition coefficient (Wildman–Crippen LogP) is 2.92. The highest BCUT2D eigenvalue weighted by Crippen LogP contribution is 2.13. The molecule has 6 heteroatoms. The second-order valence-corrected chi connectivity index (χ2v) is 6.72. The fourth-order valence-corrected chi connectivity index (χ4v) is 3.24. The zero-order valence-corrected chi connectivity index (χ0v) is 15.0. The molecule has 0 unspecified atom stereocenters. The molecule has 0 saturated carbocycles. The van der Waals surface area contributed by atoms with Crippen molar-refractivity contribution >= 4 is 17.5 Å². The number of aromatic nitrogens is 2. The van der Waals surface area contributed by atoms with Gasteiger partial charge in [-0.15, -0.1) is 6.58 Å². The van der Waals surface area contributed by atoms with Crippen LogP contribution in [0.1, 0.15) is 22.3 Å². The zero-order valence-electron chi connectivity index (χ0n) is 14.3. The molecule has 2 aromatic rings.